The van der Waals surface area contributed by atoms with Crippen LogP contribution in [0.2, 0.25) is 0 Å². The van der Waals surface area contributed by atoms with Gasteiger partial charge in [-0.3, -0.25) is 4.68 Å². The van der Waals surface area contributed by atoms with Crippen LogP contribution >= 0.6 is 0 Å². The van der Waals surface area contributed by atoms with Crippen molar-refractivity contribution in [3.8, 4) is 11.9 Å². The molecular weight excluding hydrogens is 319 g/mol. The predicted octanol–water partition coefficient (Wildman–Crippen LogP) is 3.27. The minimum Gasteiger partial charge on any atom is -0.471 e. The predicted molar refractivity (Wildman–Crippen MR) is 90.8 cm³/mol. The Hall–Kier alpha value is -2.39. The van der Waals surface area contributed by atoms with Gasteiger partial charge in [0.1, 0.15) is 12.4 Å². The van der Waals surface area contributed by atoms with Crippen LogP contribution in [-0.4, -0.2) is 22.9 Å². The Morgan fingerprint density at radius 2 is 2.08 bits per heavy atom. The molecule has 2 fully saturated rings. The third-order valence-electron chi connectivity index (χ3n) is 4.97. The molecule has 0 spiro atoms. The molecule has 4 rings (SSSR count). The Kier molecular flexibility index (Phi) is 4.41. The van der Waals surface area contributed by atoms with Crippen LogP contribution in [0, 0.1) is 17.1 Å². The SMILES string of the molecule is N#Cc1ccc(COc2nn(C3CCNCC3)cc2C2CC2)c(F)c1. The molecule has 0 bridgehead atoms. The molecule has 1 aromatic heterocycles. The number of nitriles is 1. The van der Waals surface area contributed by atoms with Crippen LogP contribution in [0.1, 0.15) is 54.3 Å². The van der Waals surface area contributed by atoms with Crippen LogP contribution in [0.15, 0.2) is 24.4 Å². The van der Waals surface area contributed by atoms with Crippen molar-refractivity contribution in [1.29, 1.82) is 5.26 Å². The number of ether oxygens (including phenoxy) is 1. The van der Waals surface area contributed by atoms with Gasteiger partial charge in [-0.1, -0.05) is 6.07 Å². The number of hydrogen-bond donors (Lipinski definition) is 1. The van der Waals surface area contributed by atoms with Gasteiger partial charge in [0.15, 0.2) is 0 Å². The normalized spacial score (nSPS) is 18.1. The van der Waals surface area contributed by atoms with E-state index < -0.39 is 5.82 Å². The Labute approximate surface area is 146 Å². The van der Waals surface area contributed by atoms with Crippen molar-refractivity contribution in [3.63, 3.8) is 0 Å². The highest BCUT2D eigenvalue weighted by atomic mass is 19.1. The molecule has 1 aliphatic heterocycles. The molecule has 6 heteroatoms. The molecule has 130 valence electrons. The summed E-state index contributed by atoms with van der Waals surface area (Å²) in [5.41, 5.74) is 1.90. The van der Waals surface area contributed by atoms with E-state index in [1.165, 1.54) is 18.9 Å². The zero-order chi connectivity index (χ0) is 17.2. The lowest BCUT2D eigenvalue weighted by Gasteiger charge is -2.22. The molecule has 1 saturated heterocycles. The Morgan fingerprint density at radius 1 is 1.28 bits per heavy atom. The van der Waals surface area contributed by atoms with Crippen LogP contribution in [0.25, 0.3) is 0 Å². The molecule has 25 heavy (non-hydrogen) atoms. The van der Waals surface area contributed by atoms with Gasteiger partial charge in [0.2, 0.25) is 5.88 Å². The van der Waals surface area contributed by atoms with Crippen LogP contribution in [-0.2, 0) is 6.61 Å². The van der Waals surface area contributed by atoms with E-state index in [1.807, 2.05) is 10.8 Å². The molecule has 1 saturated carbocycles. The second-order valence-corrected chi connectivity index (χ2v) is 6.83. The second-order valence-electron chi connectivity index (χ2n) is 6.83. The maximum atomic E-state index is 14.0. The first-order valence-electron chi connectivity index (χ1n) is 8.85. The van der Waals surface area contributed by atoms with E-state index in [-0.39, 0.29) is 6.61 Å². The molecule has 2 heterocycles. The molecule has 5 nitrogen and oxygen atoms in total. The quantitative estimate of drug-likeness (QED) is 0.907. The highest BCUT2D eigenvalue weighted by Crippen LogP contribution is 2.44. The fourth-order valence-electron chi connectivity index (χ4n) is 3.31. The lowest BCUT2D eigenvalue weighted by atomic mass is 10.1. The van der Waals surface area contributed by atoms with Crippen molar-refractivity contribution in [1.82, 2.24) is 15.1 Å². The monoisotopic (exact) mass is 340 g/mol. The number of piperidine rings is 1. The van der Waals surface area contributed by atoms with Gasteiger partial charge in [0.05, 0.1) is 17.7 Å². The molecule has 1 N–H and O–H groups in total. The molecule has 1 aliphatic carbocycles. The van der Waals surface area contributed by atoms with Gasteiger partial charge in [-0.25, -0.2) is 4.39 Å². The lowest BCUT2D eigenvalue weighted by Crippen LogP contribution is -2.29. The number of rotatable bonds is 5. The van der Waals surface area contributed by atoms with Crippen molar-refractivity contribution in [2.24, 2.45) is 0 Å². The van der Waals surface area contributed by atoms with Crippen LogP contribution in [0.3, 0.4) is 0 Å². The van der Waals surface area contributed by atoms with Gasteiger partial charge < -0.3 is 10.1 Å². The van der Waals surface area contributed by atoms with E-state index in [0.717, 1.165) is 31.5 Å². The highest BCUT2D eigenvalue weighted by molar-refractivity contribution is 5.34. The molecule has 2 aliphatic rings. The second kappa shape index (κ2) is 6.85. The average molecular weight is 340 g/mol. The fourth-order valence-corrected chi connectivity index (χ4v) is 3.31. The molecule has 1 aromatic carbocycles. The topological polar surface area (TPSA) is 62.9 Å². The zero-order valence-electron chi connectivity index (χ0n) is 14.0. The summed E-state index contributed by atoms with van der Waals surface area (Å²) in [6.45, 7) is 2.15. The third-order valence-corrected chi connectivity index (χ3v) is 4.97. The maximum absolute atomic E-state index is 14.0. The highest BCUT2D eigenvalue weighted by Gasteiger charge is 2.31. The van der Waals surface area contributed by atoms with Crippen molar-refractivity contribution >= 4 is 0 Å². The number of nitrogens with one attached hydrogen (secondary N) is 1. The molecular formula is C19H21FN4O. The minimum atomic E-state index is -0.412. The fraction of sp³-hybridized carbons (Fsp3) is 0.474. The van der Waals surface area contributed by atoms with E-state index in [2.05, 4.69) is 16.6 Å². The summed E-state index contributed by atoms with van der Waals surface area (Å²) in [6, 6.07) is 6.80. The maximum Gasteiger partial charge on any atom is 0.236 e. The molecule has 0 unspecified atom stereocenters. The molecule has 2 aromatic rings. The van der Waals surface area contributed by atoms with Crippen LogP contribution < -0.4 is 10.1 Å². The summed E-state index contributed by atoms with van der Waals surface area (Å²) >= 11 is 0. The third kappa shape index (κ3) is 3.52. The average Bonchev–Trinajstić information content (AvgIpc) is 3.41. The Morgan fingerprint density at radius 3 is 2.76 bits per heavy atom. The van der Waals surface area contributed by atoms with E-state index in [0.29, 0.717) is 29.0 Å². The smallest absolute Gasteiger partial charge is 0.236 e. The summed E-state index contributed by atoms with van der Waals surface area (Å²) in [6.07, 6.45) is 6.59. The molecule has 0 amide bonds. The number of halogens is 1. The van der Waals surface area contributed by atoms with Crippen LogP contribution in [0.4, 0.5) is 4.39 Å². The summed E-state index contributed by atoms with van der Waals surface area (Å²) in [7, 11) is 0. The van der Waals surface area contributed by atoms with Crippen molar-refractivity contribution in [3.05, 3.63) is 46.9 Å². The number of aromatic nitrogens is 2. The Bertz CT molecular complexity index is 800. The molecule has 0 radical (unpaired) electrons. The number of benzene rings is 1. The van der Waals surface area contributed by atoms with Gasteiger partial charge in [0, 0.05) is 17.3 Å². The first-order valence-corrected chi connectivity index (χ1v) is 8.85. The number of nitrogens with zero attached hydrogens (tertiary/aromatic N) is 3. The molecule has 0 atom stereocenters. The van der Waals surface area contributed by atoms with E-state index in [1.54, 1.807) is 12.1 Å². The van der Waals surface area contributed by atoms with Gasteiger partial charge in [0.25, 0.3) is 0 Å². The van der Waals surface area contributed by atoms with Crippen molar-refractivity contribution < 1.29 is 9.13 Å². The zero-order valence-corrected chi connectivity index (χ0v) is 14.0. The van der Waals surface area contributed by atoms with E-state index >= 15 is 0 Å². The Balaban J connectivity index is 1.51. The lowest BCUT2D eigenvalue weighted by molar-refractivity contribution is 0.272. The van der Waals surface area contributed by atoms with Gasteiger partial charge in [-0.05, 0) is 56.8 Å². The summed E-state index contributed by atoms with van der Waals surface area (Å²) in [5, 5.41) is 16.9. The van der Waals surface area contributed by atoms with Gasteiger partial charge >= 0.3 is 0 Å². The van der Waals surface area contributed by atoms with E-state index in [4.69, 9.17) is 10.00 Å². The van der Waals surface area contributed by atoms with Crippen molar-refractivity contribution in [2.75, 3.05) is 13.1 Å². The van der Waals surface area contributed by atoms with Crippen LogP contribution in [0.5, 0.6) is 5.88 Å². The largest absolute Gasteiger partial charge is 0.471 e. The van der Waals surface area contributed by atoms with E-state index in [9.17, 15) is 4.39 Å². The minimum absolute atomic E-state index is 0.125. The summed E-state index contributed by atoms with van der Waals surface area (Å²) in [5.74, 6) is 0.742. The summed E-state index contributed by atoms with van der Waals surface area (Å²) < 4.78 is 22.0. The standard InChI is InChI=1S/C19H21FN4O/c20-18-9-13(10-21)1-2-15(18)12-25-19-17(14-3-4-14)11-24(23-19)16-5-7-22-8-6-16/h1-2,9,11,14,16,22H,3-8,12H2. The summed E-state index contributed by atoms with van der Waals surface area (Å²) in [4.78, 5) is 0. The van der Waals surface area contributed by atoms with Crippen molar-refractivity contribution in [2.45, 2.75) is 44.2 Å². The first kappa shape index (κ1) is 16.1. The van der Waals surface area contributed by atoms with Gasteiger partial charge in [-0.2, -0.15) is 5.26 Å². The number of hydrogen-bond acceptors (Lipinski definition) is 4. The van der Waals surface area contributed by atoms with Gasteiger partial charge in [-0.15, -0.1) is 5.10 Å². The first-order chi connectivity index (χ1) is 12.2.